The van der Waals surface area contributed by atoms with Crippen LogP contribution in [0, 0.1) is 11.3 Å². The third kappa shape index (κ3) is 3.91. The summed E-state index contributed by atoms with van der Waals surface area (Å²) in [4.78, 5) is 0. The van der Waals surface area contributed by atoms with Gasteiger partial charge in [-0.15, -0.1) is 0 Å². The molecule has 0 saturated carbocycles. The molecule has 2 aliphatic rings. The van der Waals surface area contributed by atoms with Crippen molar-refractivity contribution in [1.82, 2.24) is 4.31 Å². The van der Waals surface area contributed by atoms with E-state index in [0.29, 0.717) is 32.2 Å². The number of halogens is 1. The largest absolute Gasteiger partial charge is 0.489 e. The molecule has 0 aromatic heterocycles. The third-order valence-electron chi connectivity index (χ3n) is 3.59. The van der Waals surface area contributed by atoms with E-state index in [2.05, 4.69) is 4.72 Å². The average molecular weight is 374 g/mol. The minimum atomic E-state index is -3.76. The van der Waals surface area contributed by atoms with Crippen molar-refractivity contribution in [1.29, 1.82) is 5.26 Å². The van der Waals surface area contributed by atoms with Crippen LogP contribution in [-0.2, 0) is 19.7 Å². The van der Waals surface area contributed by atoms with Gasteiger partial charge >= 0.3 is 10.2 Å². The number of nitrogens with zero attached hydrogens (tertiary/aromatic N) is 2. The van der Waals surface area contributed by atoms with Crippen LogP contribution >= 0.6 is 11.6 Å². The fourth-order valence-corrected chi connectivity index (χ4v) is 3.71. The summed E-state index contributed by atoms with van der Waals surface area (Å²) in [5, 5.41) is 9.31. The van der Waals surface area contributed by atoms with Gasteiger partial charge in [0.2, 0.25) is 0 Å². The fourth-order valence-electron chi connectivity index (χ4n) is 2.20. The van der Waals surface area contributed by atoms with E-state index in [1.165, 1.54) is 16.4 Å². The van der Waals surface area contributed by atoms with Gasteiger partial charge in [0.05, 0.1) is 30.5 Å². The molecule has 0 amide bonds. The van der Waals surface area contributed by atoms with Crippen molar-refractivity contribution in [3.05, 3.63) is 22.7 Å². The highest BCUT2D eigenvalue weighted by molar-refractivity contribution is 7.90. The number of benzene rings is 1. The number of anilines is 1. The molecule has 0 aliphatic carbocycles. The first-order valence-corrected chi connectivity index (χ1v) is 9.15. The minimum Gasteiger partial charge on any atom is -0.489 e. The molecule has 130 valence electrons. The molecule has 2 aliphatic heterocycles. The first kappa shape index (κ1) is 17.3. The van der Waals surface area contributed by atoms with E-state index in [1.807, 2.05) is 6.07 Å². The normalized spacial score (nSPS) is 21.1. The zero-order valence-electron chi connectivity index (χ0n) is 12.7. The Bertz CT molecular complexity index is 754. The van der Waals surface area contributed by atoms with Gasteiger partial charge in [0.1, 0.15) is 30.1 Å². The minimum absolute atomic E-state index is 0.00329. The Labute approximate surface area is 145 Å². The molecule has 2 fully saturated rings. The second-order valence-electron chi connectivity index (χ2n) is 5.30. The summed E-state index contributed by atoms with van der Waals surface area (Å²) in [6.07, 6.45) is 0.0369. The lowest BCUT2D eigenvalue weighted by Crippen LogP contribution is -2.43. The number of morpholine rings is 1. The van der Waals surface area contributed by atoms with E-state index < -0.39 is 10.2 Å². The topological polar surface area (TPSA) is 104 Å². The maximum Gasteiger partial charge on any atom is 0.301 e. The van der Waals surface area contributed by atoms with Crippen LogP contribution in [0.3, 0.4) is 0 Å². The molecule has 1 atom stereocenters. The van der Waals surface area contributed by atoms with E-state index in [1.54, 1.807) is 0 Å². The smallest absolute Gasteiger partial charge is 0.301 e. The van der Waals surface area contributed by atoms with Crippen molar-refractivity contribution < 1.29 is 22.6 Å². The molecule has 8 nitrogen and oxygen atoms in total. The molecule has 1 N–H and O–H groups in total. The molecule has 0 spiro atoms. The van der Waals surface area contributed by atoms with Gasteiger partial charge in [-0.2, -0.15) is 18.0 Å². The summed E-state index contributed by atoms with van der Waals surface area (Å²) in [5.74, 6) is 0.298. The summed E-state index contributed by atoms with van der Waals surface area (Å²) in [6.45, 7) is 2.17. The van der Waals surface area contributed by atoms with Crippen LogP contribution in [0.1, 0.15) is 5.56 Å². The van der Waals surface area contributed by atoms with Gasteiger partial charge in [-0.05, 0) is 12.1 Å². The first-order chi connectivity index (χ1) is 11.5. The molecular weight excluding hydrogens is 358 g/mol. The Morgan fingerprint density at radius 1 is 1.42 bits per heavy atom. The molecule has 2 heterocycles. The van der Waals surface area contributed by atoms with Crippen LogP contribution in [0.5, 0.6) is 5.75 Å². The van der Waals surface area contributed by atoms with Crippen LogP contribution in [-0.4, -0.2) is 58.3 Å². The Hall–Kier alpha value is -1.57. The Morgan fingerprint density at radius 2 is 2.12 bits per heavy atom. The SMILES string of the molecule is N#Cc1c(OC[C@H]2CO2)ccc(NS(=O)(=O)N2CCOCC2)c1Cl. The predicted octanol–water partition coefficient (Wildman–Crippen LogP) is 0.978. The Kier molecular flexibility index (Phi) is 5.12. The van der Waals surface area contributed by atoms with Crippen LogP contribution in [0.15, 0.2) is 12.1 Å². The summed E-state index contributed by atoms with van der Waals surface area (Å²) in [6, 6.07) is 4.94. The van der Waals surface area contributed by atoms with Gasteiger partial charge < -0.3 is 14.2 Å². The van der Waals surface area contributed by atoms with Crippen molar-refractivity contribution in [2.24, 2.45) is 0 Å². The van der Waals surface area contributed by atoms with Crippen molar-refractivity contribution >= 4 is 27.5 Å². The van der Waals surface area contributed by atoms with E-state index >= 15 is 0 Å². The molecule has 10 heteroatoms. The number of nitriles is 1. The zero-order valence-corrected chi connectivity index (χ0v) is 14.3. The second-order valence-corrected chi connectivity index (χ2v) is 7.35. The van der Waals surface area contributed by atoms with Crippen LogP contribution < -0.4 is 9.46 Å². The van der Waals surface area contributed by atoms with Crippen LogP contribution in [0.4, 0.5) is 5.69 Å². The highest BCUT2D eigenvalue weighted by Gasteiger charge is 2.27. The van der Waals surface area contributed by atoms with Crippen LogP contribution in [0.2, 0.25) is 5.02 Å². The maximum absolute atomic E-state index is 12.4. The van der Waals surface area contributed by atoms with E-state index in [-0.39, 0.29) is 35.5 Å². The molecular formula is C14H16ClN3O5S. The van der Waals surface area contributed by atoms with Gasteiger partial charge in [0.15, 0.2) is 0 Å². The summed E-state index contributed by atoms with van der Waals surface area (Å²) >= 11 is 6.19. The van der Waals surface area contributed by atoms with Gasteiger partial charge in [0.25, 0.3) is 0 Å². The molecule has 0 radical (unpaired) electrons. The zero-order chi connectivity index (χ0) is 17.2. The fraction of sp³-hybridized carbons (Fsp3) is 0.500. The van der Waals surface area contributed by atoms with Crippen molar-refractivity contribution in [3.63, 3.8) is 0 Å². The van der Waals surface area contributed by atoms with Gasteiger partial charge in [-0.25, -0.2) is 0 Å². The van der Waals surface area contributed by atoms with Crippen molar-refractivity contribution in [2.75, 3.05) is 44.2 Å². The van der Waals surface area contributed by atoms with E-state index in [9.17, 15) is 13.7 Å². The molecule has 0 unspecified atom stereocenters. The van der Waals surface area contributed by atoms with Crippen molar-refractivity contribution in [2.45, 2.75) is 6.10 Å². The molecule has 2 saturated heterocycles. The number of hydrogen-bond acceptors (Lipinski definition) is 6. The highest BCUT2D eigenvalue weighted by Crippen LogP contribution is 2.34. The predicted molar refractivity (Wildman–Crippen MR) is 86.3 cm³/mol. The van der Waals surface area contributed by atoms with Gasteiger partial charge in [0, 0.05) is 13.1 Å². The third-order valence-corrected chi connectivity index (χ3v) is 5.51. The van der Waals surface area contributed by atoms with Crippen molar-refractivity contribution in [3.8, 4) is 11.8 Å². The number of epoxide rings is 1. The molecule has 0 bridgehead atoms. The van der Waals surface area contributed by atoms with Gasteiger partial charge in [-0.3, -0.25) is 4.72 Å². The van der Waals surface area contributed by atoms with Gasteiger partial charge in [-0.1, -0.05) is 11.6 Å². The number of hydrogen-bond donors (Lipinski definition) is 1. The average Bonchev–Trinajstić information content (AvgIpc) is 3.40. The van der Waals surface area contributed by atoms with E-state index in [0.717, 1.165) is 0 Å². The Balaban J connectivity index is 1.78. The van der Waals surface area contributed by atoms with E-state index in [4.69, 9.17) is 25.8 Å². The number of ether oxygens (including phenoxy) is 3. The lowest BCUT2D eigenvalue weighted by atomic mass is 10.2. The quantitative estimate of drug-likeness (QED) is 0.745. The van der Waals surface area contributed by atoms with Crippen LogP contribution in [0.25, 0.3) is 0 Å². The highest BCUT2D eigenvalue weighted by atomic mass is 35.5. The second kappa shape index (κ2) is 7.13. The molecule has 24 heavy (non-hydrogen) atoms. The number of rotatable bonds is 6. The first-order valence-electron chi connectivity index (χ1n) is 7.34. The number of nitrogens with one attached hydrogen (secondary N) is 1. The summed E-state index contributed by atoms with van der Waals surface area (Å²) < 4.78 is 44.1. The maximum atomic E-state index is 12.4. The molecule has 3 rings (SSSR count). The summed E-state index contributed by atoms with van der Waals surface area (Å²) in [5.41, 5.74) is 0.217. The monoisotopic (exact) mass is 373 g/mol. The standard InChI is InChI=1S/C14H16ClN3O5S/c15-14-11(7-16)13(23-9-10-8-22-10)2-1-12(14)17-24(19,20)18-3-5-21-6-4-18/h1-2,10,17H,3-6,8-9H2/t10-/m1/s1. The molecule has 1 aromatic rings. The Morgan fingerprint density at radius 3 is 2.75 bits per heavy atom. The lowest BCUT2D eigenvalue weighted by molar-refractivity contribution is 0.0733. The molecule has 1 aromatic carbocycles. The summed E-state index contributed by atoms with van der Waals surface area (Å²) in [7, 11) is -3.76. The lowest BCUT2D eigenvalue weighted by Gasteiger charge is -2.26.